The van der Waals surface area contributed by atoms with Crippen LogP contribution in [0.1, 0.15) is 281 Å². The largest absolute Gasteiger partial charge is 0.343 e. The SMILES string of the molecule is NCCC[C@@H]1NC(=O)[C@H](CC23CC4CC(CC(C4)C2)C3)NC(=O)[C@H](CCCN)NC(=O)[C@H](C23CC4CC(CC(C4)C2)C3)NC(=O)[C@H](CCCN)NC(=O)[C@@H]2CCCN2C(=O)[C@@H](Cc2ccccc2)NC(=O)[C@H](CCCN)NC(=O)[C@H](CC23CC4CC(CC(C4)C2)C3)NC(=O)[C@H](CCCN)NC(=O)[C@H](C23CC4CC(CC(C4)C2)C3)NC(=O)[C@H](CCCN)NC(=O)[C@@H]2CCCN2C(=O)[C@@H](Cc2ccccc2)NC1=O. The maximum atomic E-state index is 16.2. The van der Waals surface area contributed by atoms with E-state index in [9.17, 15) is 0 Å². The highest BCUT2D eigenvalue weighted by atomic mass is 16.2. The van der Waals surface area contributed by atoms with E-state index in [0.29, 0.717) is 98.0 Å². The van der Waals surface area contributed by atoms with E-state index in [4.69, 9.17) is 34.4 Å². The summed E-state index contributed by atoms with van der Waals surface area (Å²) in [6, 6.07) is 0.502. The van der Waals surface area contributed by atoms with Gasteiger partial charge in [-0.15, -0.1) is 0 Å². The number of nitrogens with zero attached hydrogens (tertiary/aromatic N) is 2. The minimum Gasteiger partial charge on any atom is -0.343 e. The van der Waals surface area contributed by atoms with Crippen molar-refractivity contribution >= 4 is 82.7 Å². The van der Waals surface area contributed by atoms with Crippen molar-refractivity contribution in [2.45, 2.75) is 367 Å². The van der Waals surface area contributed by atoms with Gasteiger partial charge in [0.2, 0.25) is 82.7 Å². The lowest BCUT2D eigenvalue weighted by molar-refractivity contribution is -0.145. The molecule has 3 heterocycles. The van der Waals surface area contributed by atoms with Crippen LogP contribution in [0.4, 0.5) is 0 Å². The van der Waals surface area contributed by atoms with E-state index in [2.05, 4.69) is 63.8 Å². The van der Waals surface area contributed by atoms with Crippen LogP contribution in [-0.4, -0.2) is 229 Å². The van der Waals surface area contributed by atoms with Gasteiger partial charge in [0.05, 0.1) is 0 Å². The van der Waals surface area contributed by atoms with E-state index in [1.54, 1.807) is 0 Å². The number of amides is 14. The molecule has 16 bridgehead atoms. The molecule has 21 rings (SSSR count). The molecule has 19 fully saturated rings. The highest BCUT2D eigenvalue weighted by molar-refractivity contribution is 6.02. The average molecular weight is 1970 g/mol. The number of hydrogen-bond acceptors (Lipinski definition) is 20. The third-order valence-electron chi connectivity index (χ3n) is 36.8. The molecule has 16 aliphatic carbocycles. The normalized spacial score (nSPS) is 38.7. The molecule has 14 atom stereocenters. The average Bonchev–Trinajstić information content (AvgIpc) is 0.787. The van der Waals surface area contributed by atoms with Crippen molar-refractivity contribution < 1.29 is 67.1 Å². The quantitative estimate of drug-likeness (QED) is 0.0562. The Labute approximate surface area is 837 Å². The van der Waals surface area contributed by atoms with Crippen LogP contribution in [0.5, 0.6) is 0 Å². The van der Waals surface area contributed by atoms with E-state index in [1.807, 2.05) is 60.7 Å². The number of fused-ring (bicyclic) bond motifs is 2. The fourth-order valence-corrected chi connectivity index (χ4v) is 32.2. The summed E-state index contributed by atoms with van der Waals surface area (Å²) in [6.07, 6.45) is 24.5. The number of nitrogens with two attached hydrogens (primary N) is 6. The van der Waals surface area contributed by atoms with E-state index in [0.717, 1.165) is 116 Å². The number of carbonyl (C=O) groups excluding carboxylic acids is 14. The van der Waals surface area contributed by atoms with Crippen LogP contribution in [-0.2, 0) is 80.0 Å². The van der Waals surface area contributed by atoms with E-state index >= 15 is 67.1 Å². The second kappa shape index (κ2) is 46.2. The predicted molar refractivity (Wildman–Crippen MR) is 534 cm³/mol. The monoisotopic (exact) mass is 1970 g/mol. The van der Waals surface area contributed by atoms with E-state index < -0.39 is 178 Å². The molecule has 780 valence electrons. The lowest BCUT2D eigenvalue weighted by Crippen LogP contribution is -2.66. The van der Waals surface area contributed by atoms with Gasteiger partial charge >= 0.3 is 0 Å². The van der Waals surface area contributed by atoms with Gasteiger partial charge in [-0.25, -0.2) is 0 Å². The molecule has 2 aromatic carbocycles. The number of carbonyl (C=O) groups is 14. The third-order valence-corrected chi connectivity index (χ3v) is 36.8. The van der Waals surface area contributed by atoms with Crippen molar-refractivity contribution in [1.29, 1.82) is 0 Å². The van der Waals surface area contributed by atoms with Crippen molar-refractivity contribution in [2.24, 2.45) is 127 Å². The number of rotatable bonds is 28. The van der Waals surface area contributed by atoms with Crippen molar-refractivity contribution in [1.82, 2.24) is 73.6 Å². The zero-order chi connectivity index (χ0) is 99.7. The van der Waals surface area contributed by atoms with Crippen LogP contribution in [0.15, 0.2) is 60.7 Å². The van der Waals surface area contributed by atoms with Gasteiger partial charge in [0.1, 0.15) is 84.6 Å². The maximum absolute atomic E-state index is 16.2. The van der Waals surface area contributed by atoms with Crippen LogP contribution in [0.3, 0.4) is 0 Å². The molecule has 34 heteroatoms. The predicted octanol–water partition coefficient (Wildman–Crippen LogP) is 4.36. The standard InChI is InChI=1S/C108H164N20O14/c109-27-7-19-77-91(129)121-83(47-63-15-3-1-4-16-63)103(141)127-33-13-25-87(127)99(137)117-81(23-11-31-113)95(133)125-89(107-55-71-41-72(56-107)43-73(42-71)57-107)101(139)120-80(22-10-30-112)94(132)124-86(62-106-52-68-38-69(53-106)40-70(39-68)54-106)98(136)116-78(20-8-28-110)92(130)122-84(48-64-17-5-2-6-18-64)104(142)128-34-14-26-88(128)100(138)118-82(24-12-32-114)96(134)126-90(108-58-74-44-75(59-108)46-76(45-74)60-108)102(140)119-79(21-9-29-111)93(131)123-85(97(135)115-77)61-105-49-65-35-66(50-105)37-67(36-65)51-105/h1-6,15-18,65-90H,7-14,19-62,109-114H2,(H,115,135)(H,116,136)(H,117,137)(H,118,138)(H,119,140)(H,120,139)(H,121,129)(H,122,130)(H,123,131)(H,124,132)(H,125,133)(H,126,134)/t65?,66?,67?,68?,69?,70?,71?,72?,73?,74?,75?,76?,77-,78-,79-,80-,81-,82-,83+,84+,85-,86-,87-,88-,89+,90+,105?,106?,107?,108?/m0/s1. The molecule has 0 unspecified atom stereocenters. The van der Waals surface area contributed by atoms with Crippen molar-refractivity contribution in [3.63, 3.8) is 0 Å². The minimum absolute atomic E-state index is 0.0201. The van der Waals surface area contributed by atoms with Crippen LogP contribution < -0.4 is 98.2 Å². The number of nitrogens with one attached hydrogen (secondary N) is 12. The molecule has 0 radical (unpaired) electrons. The zero-order valence-corrected chi connectivity index (χ0v) is 83.6. The molecule has 0 spiro atoms. The first-order valence-electron chi connectivity index (χ1n) is 55.1. The van der Waals surface area contributed by atoms with Crippen molar-refractivity contribution in [2.75, 3.05) is 52.4 Å². The highest BCUT2D eigenvalue weighted by Crippen LogP contribution is 2.66. The summed E-state index contributed by atoms with van der Waals surface area (Å²) in [4.78, 5) is 225. The lowest BCUT2D eigenvalue weighted by Gasteiger charge is -2.59. The smallest absolute Gasteiger partial charge is 0.246 e. The molecule has 2 aromatic rings. The summed E-state index contributed by atoms with van der Waals surface area (Å²) in [5, 5.41) is 37.5. The Kier molecular flexibility index (Phi) is 33.9. The Bertz CT molecular complexity index is 4390. The highest BCUT2D eigenvalue weighted by Gasteiger charge is 2.61. The Hall–Kier alpha value is -9.22. The van der Waals surface area contributed by atoms with Crippen LogP contribution >= 0.6 is 0 Å². The Morgan fingerprint density at radius 2 is 0.458 bits per heavy atom. The van der Waals surface area contributed by atoms with Gasteiger partial charge < -0.3 is 108 Å². The topological polar surface area (TPSA) is 546 Å². The second-order valence-electron chi connectivity index (χ2n) is 47.6. The molecular formula is C108H164N20O14. The summed E-state index contributed by atoms with van der Waals surface area (Å²) in [7, 11) is 0. The molecule has 34 nitrogen and oxygen atoms in total. The summed E-state index contributed by atoms with van der Waals surface area (Å²) in [6.45, 7) is 0.973. The number of hydrogen-bond donors (Lipinski definition) is 18. The van der Waals surface area contributed by atoms with Gasteiger partial charge in [-0.2, -0.15) is 0 Å². The first kappa shape index (κ1) is 104. The van der Waals surface area contributed by atoms with Crippen LogP contribution in [0.25, 0.3) is 0 Å². The Morgan fingerprint density at radius 1 is 0.246 bits per heavy atom. The molecule has 0 aromatic heterocycles. The fraction of sp³-hybridized carbons (Fsp3) is 0.759. The molecular weight excluding hydrogens is 1800 g/mol. The summed E-state index contributed by atoms with van der Waals surface area (Å²) in [5.41, 5.74) is 36.9. The summed E-state index contributed by atoms with van der Waals surface area (Å²) in [5.74, 6) is -4.88. The first-order chi connectivity index (χ1) is 68.5. The van der Waals surface area contributed by atoms with E-state index in [1.165, 1.54) is 9.80 Å². The van der Waals surface area contributed by atoms with Crippen molar-refractivity contribution in [3.05, 3.63) is 71.8 Å². The van der Waals surface area contributed by atoms with Crippen LogP contribution in [0, 0.1) is 92.7 Å². The van der Waals surface area contributed by atoms with Gasteiger partial charge in [-0.3, -0.25) is 67.1 Å². The van der Waals surface area contributed by atoms with Gasteiger partial charge in [0.25, 0.3) is 0 Å². The minimum atomic E-state index is -1.32. The van der Waals surface area contributed by atoms with Gasteiger partial charge in [0, 0.05) is 36.8 Å². The zero-order valence-electron chi connectivity index (χ0n) is 83.6. The van der Waals surface area contributed by atoms with Crippen molar-refractivity contribution in [3.8, 4) is 0 Å². The molecule has 3 saturated heterocycles. The second-order valence-corrected chi connectivity index (χ2v) is 47.6. The third kappa shape index (κ3) is 24.3. The van der Waals surface area contributed by atoms with Gasteiger partial charge in [-0.1, -0.05) is 60.7 Å². The molecule has 24 N–H and O–H groups in total. The molecule has 16 saturated carbocycles. The number of benzene rings is 2. The molecule has 3 aliphatic heterocycles. The van der Waals surface area contributed by atoms with E-state index in [-0.39, 0.29) is 214 Å². The molecule has 14 amide bonds. The summed E-state index contributed by atoms with van der Waals surface area (Å²) >= 11 is 0. The van der Waals surface area contributed by atoms with Gasteiger partial charge in [0.15, 0.2) is 0 Å². The Morgan fingerprint density at radius 3 is 0.711 bits per heavy atom. The lowest BCUT2D eigenvalue weighted by atomic mass is 9.47. The maximum Gasteiger partial charge on any atom is 0.246 e. The summed E-state index contributed by atoms with van der Waals surface area (Å²) < 4.78 is 0. The molecule has 142 heavy (non-hydrogen) atoms. The fourth-order valence-electron chi connectivity index (χ4n) is 32.2. The molecule has 19 aliphatic rings. The first-order valence-corrected chi connectivity index (χ1v) is 55.1. The Balaban J connectivity index is 0.719. The van der Waals surface area contributed by atoms with Gasteiger partial charge in [-0.05, 0) is 402 Å². The van der Waals surface area contributed by atoms with Crippen LogP contribution in [0.2, 0.25) is 0 Å².